The van der Waals surface area contributed by atoms with E-state index in [1.54, 1.807) is 4.57 Å². The predicted octanol–water partition coefficient (Wildman–Crippen LogP) is 3.30. The maximum atomic E-state index is 13.3. The second-order valence-electron chi connectivity index (χ2n) is 7.07. The maximum absolute atomic E-state index is 13.3. The van der Waals surface area contributed by atoms with E-state index in [1.165, 1.54) is 35.0 Å². The minimum atomic E-state index is -3.78. The molecular formula is C18H22ClFN4O3S. The smallest absolute Gasteiger partial charge is 0.262 e. The molecule has 1 aromatic carbocycles. The van der Waals surface area contributed by atoms with Crippen molar-refractivity contribution in [1.82, 2.24) is 13.9 Å². The zero-order valence-corrected chi connectivity index (χ0v) is 17.2. The van der Waals surface area contributed by atoms with Crippen LogP contribution in [0.1, 0.15) is 32.7 Å². The molecule has 10 heteroatoms. The summed E-state index contributed by atoms with van der Waals surface area (Å²) in [5.41, 5.74) is 0.368. The molecule has 2 heterocycles. The SMILES string of the molecule is CC(C)n1cnc(S(=O)(=O)N2CCC[C@H](C(=O)Nc3ccc(F)c(Cl)c3)C2)c1. The molecule has 1 fully saturated rings. The monoisotopic (exact) mass is 428 g/mol. The van der Waals surface area contributed by atoms with Crippen LogP contribution in [-0.4, -0.2) is 41.3 Å². The fourth-order valence-corrected chi connectivity index (χ4v) is 4.68. The van der Waals surface area contributed by atoms with Crippen molar-refractivity contribution in [1.29, 1.82) is 0 Å². The number of sulfonamides is 1. The van der Waals surface area contributed by atoms with Gasteiger partial charge in [-0.15, -0.1) is 0 Å². The Balaban J connectivity index is 1.71. The molecule has 0 radical (unpaired) electrons. The Morgan fingerprint density at radius 1 is 1.39 bits per heavy atom. The number of halogens is 2. The highest BCUT2D eigenvalue weighted by molar-refractivity contribution is 7.89. The topological polar surface area (TPSA) is 84.3 Å². The number of hydrogen-bond acceptors (Lipinski definition) is 4. The Hall–Kier alpha value is -1.97. The molecular weight excluding hydrogens is 407 g/mol. The average Bonchev–Trinajstić information content (AvgIpc) is 3.16. The van der Waals surface area contributed by atoms with Gasteiger partial charge in [0.25, 0.3) is 10.0 Å². The highest BCUT2D eigenvalue weighted by Crippen LogP contribution is 2.25. The van der Waals surface area contributed by atoms with Crippen LogP contribution in [0.25, 0.3) is 0 Å². The molecule has 1 saturated heterocycles. The largest absolute Gasteiger partial charge is 0.334 e. The lowest BCUT2D eigenvalue weighted by atomic mass is 9.99. The van der Waals surface area contributed by atoms with Crippen LogP contribution in [0.2, 0.25) is 5.02 Å². The zero-order valence-electron chi connectivity index (χ0n) is 15.6. The first kappa shape index (κ1) is 20.8. The van der Waals surface area contributed by atoms with Gasteiger partial charge in [0.15, 0.2) is 5.03 Å². The van der Waals surface area contributed by atoms with Crippen LogP contribution in [0.4, 0.5) is 10.1 Å². The number of nitrogens with one attached hydrogen (secondary N) is 1. The van der Waals surface area contributed by atoms with Gasteiger partial charge in [0.1, 0.15) is 5.82 Å². The van der Waals surface area contributed by atoms with Crippen LogP contribution < -0.4 is 5.32 Å². The van der Waals surface area contributed by atoms with E-state index in [-0.39, 0.29) is 28.5 Å². The van der Waals surface area contributed by atoms with E-state index in [9.17, 15) is 17.6 Å². The summed E-state index contributed by atoms with van der Waals surface area (Å²) in [7, 11) is -3.78. The first-order valence-electron chi connectivity index (χ1n) is 8.98. The number of aromatic nitrogens is 2. The van der Waals surface area contributed by atoms with Crippen LogP contribution in [0.15, 0.2) is 35.7 Å². The summed E-state index contributed by atoms with van der Waals surface area (Å²) >= 11 is 5.74. The number of imidazole rings is 1. The van der Waals surface area contributed by atoms with E-state index in [1.807, 2.05) is 13.8 Å². The third-order valence-corrected chi connectivity index (χ3v) is 6.76. The predicted molar refractivity (Wildman–Crippen MR) is 104 cm³/mol. The first-order chi connectivity index (χ1) is 13.2. The lowest BCUT2D eigenvalue weighted by Crippen LogP contribution is -2.43. The summed E-state index contributed by atoms with van der Waals surface area (Å²) in [6.45, 7) is 4.27. The number of carbonyl (C=O) groups is 1. The molecule has 28 heavy (non-hydrogen) atoms. The Bertz CT molecular complexity index is 977. The van der Waals surface area contributed by atoms with Crippen molar-refractivity contribution in [2.45, 2.75) is 37.8 Å². The molecule has 1 N–H and O–H groups in total. The second kappa shape index (κ2) is 8.18. The molecule has 1 amide bonds. The van der Waals surface area contributed by atoms with Gasteiger partial charge < -0.3 is 9.88 Å². The van der Waals surface area contributed by atoms with Gasteiger partial charge >= 0.3 is 0 Å². The van der Waals surface area contributed by atoms with Crippen LogP contribution in [0, 0.1) is 11.7 Å². The zero-order chi connectivity index (χ0) is 20.5. The third-order valence-electron chi connectivity index (χ3n) is 4.72. The Kier molecular flexibility index (Phi) is 6.07. The minimum absolute atomic E-state index is 0.0208. The molecule has 7 nitrogen and oxygen atoms in total. The van der Waals surface area contributed by atoms with Gasteiger partial charge in [-0.25, -0.2) is 17.8 Å². The van der Waals surface area contributed by atoms with Crippen molar-refractivity contribution in [2.24, 2.45) is 5.92 Å². The van der Waals surface area contributed by atoms with E-state index < -0.39 is 21.8 Å². The van der Waals surface area contributed by atoms with Gasteiger partial charge in [-0.2, -0.15) is 4.31 Å². The number of nitrogens with zero attached hydrogens (tertiary/aromatic N) is 3. The highest BCUT2D eigenvalue weighted by atomic mass is 35.5. The number of piperidine rings is 1. The van der Waals surface area contributed by atoms with Gasteiger partial charge in [-0.1, -0.05) is 11.6 Å². The number of amides is 1. The van der Waals surface area contributed by atoms with Crippen molar-refractivity contribution in [3.05, 3.63) is 41.6 Å². The molecule has 2 aromatic rings. The standard InChI is InChI=1S/C18H22ClFN4O3S/c1-12(2)23-10-17(21-11-23)28(26,27)24-7-3-4-13(9-24)18(25)22-14-5-6-16(20)15(19)8-14/h5-6,8,10-13H,3-4,7,9H2,1-2H3,(H,22,25)/t13-/m0/s1. The fraction of sp³-hybridized carbons (Fsp3) is 0.444. The van der Waals surface area contributed by atoms with E-state index >= 15 is 0 Å². The molecule has 1 atom stereocenters. The van der Waals surface area contributed by atoms with E-state index in [0.717, 1.165) is 0 Å². The van der Waals surface area contributed by atoms with Gasteiger partial charge in [0.05, 0.1) is 17.3 Å². The van der Waals surface area contributed by atoms with Gasteiger partial charge in [-0.3, -0.25) is 4.79 Å². The molecule has 0 saturated carbocycles. The molecule has 0 unspecified atom stereocenters. The molecule has 1 aromatic heterocycles. The summed E-state index contributed by atoms with van der Waals surface area (Å²) < 4.78 is 42.1. The second-order valence-corrected chi connectivity index (χ2v) is 9.37. The van der Waals surface area contributed by atoms with E-state index in [2.05, 4.69) is 10.3 Å². The molecule has 1 aliphatic rings. The Morgan fingerprint density at radius 3 is 2.79 bits per heavy atom. The molecule has 0 aliphatic carbocycles. The lowest BCUT2D eigenvalue weighted by molar-refractivity contribution is -0.120. The fourth-order valence-electron chi connectivity index (χ4n) is 3.06. The van der Waals surface area contributed by atoms with E-state index in [4.69, 9.17) is 11.6 Å². The van der Waals surface area contributed by atoms with Crippen LogP contribution in [0.3, 0.4) is 0 Å². The van der Waals surface area contributed by atoms with Crippen molar-refractivity contribution in [3.63, 3.8) is 0 Å². The quantitative estimate of drug-likeness (QED) is 0.791. The Morgan fingerprint density at radius 2 is 2.14 bits per heavy atom. The molecule has 0 bridgehead atoms. The highest BCUT2D eigenvalue weighted by Gasteiger charge is 2.34. The number of anilines is 1. The Labute approximate surface area is 168 Å². The minimum Gasteiger partial charge on any atom is -0.334 e. The normalized spacial score (nSPS) is 18.4. The van der Waals surface area contributed by atoms with Crippen LogP contribution >= 0.6 is 11.6 Å². The molecule has 1 aliphatic heterocycles. The van der Waals surface area contributed by atoms with Gasteiger partial charge in [0, 0.05) is 31.0 Å². The summed E-state index contributed by atoms with van der Waals surface area (Å²) in [5.74, 6) is -1.41. The van der Waals surface area contributed by atoms with Crippen molar-refractivity contribution >= 4 is 33.2 Å². The summed E-state index contributed by atoms with van der Waals surface area (Å²) in [5, 5.41) is 2.57. The summed E-state index contributed by atoms with van der Waals surface area (Å²) in [6.07, 6.45) is 4.12. The summed E-state index contributed by atoms with van der Waals surface area (Å²) in [6, 6.07) is 4.00. The summed E-state index contributed by atoms with van der Waals surface area (Å²) in [4.78, 5) is 16.6. The number of benzene rings is 1. The average molecular weight is 429 g/mol. The molecule has 152 valence electrons. The molecule has 3 rings (SSSR count). The number of hydrogen-bond donors (Lipinski definition) is 1. The number of rotatable bonds is 5. The number of carbonyl (C=O) groups excluding carboxylic acids is 1. The third kappa shape index (κ3) is 4.37. The van der Waals surface area contributed by atoms with Gasteiger partial charge in [0.2, 0.25) is 5.91 Å². The maximum Gasteiger partial charge on any atom is 0.262 e. The van der Waals surface area contributed by atoms with Crippen LogP contribution in [-0.2, 0) is 14.8 Å². The van der Waals surface area contributed by atoms with Crippen molar-refractivity contribution in [2.75, 3.05) is 18.4 Å². The van der Waals surface area contributed by atoms with Crippen molar-refractivity contribution < 1.29 is 17.6 Å². The van der Waals surface area contributed by atoms with Gasteiger partial charge in [-0.05, 0) is 44.9 Å². The molecule has 0 spiro atoms. The first-order valence-corrected chi connectivity index (χ1v) is 10.8. The van der Waals surface area contributed by atoms with E-state index in [0.29, 0.717) is 25.1 Å². The van der Waals surface area contributed by atoms with Crippen LogP contribution in [0.5, 0.6) is 0 Å². The van der Waals surface area contributed by atoms with Crippen molar-refractivity contribution in [3.8, 4) is 0 Å². The lowest BCUT2D eigenvalue weighted by Gasteiger charge is -2.30.